The summed E-state index contributed by atoms with van der Waals surface area (Å²) in [6, 6.07) is 0.187. The summed E-state index contributed by atoms with van der Waals surface area (Å²) < 4.78 is 5.59. The molecule has 3 heteroatoms. The molecular formula is C8H20N2O. The van der Waals surface area contributed by atoms with Crippen molar-refractivity contribution in [3.8, 4) is 0 Å². The zero-order valence-corrected chi connectivity index (χ0v) is 7.98. The molecule has 2 atom stereocenters. The minimum absolute atomic E-state index is 0.135. The predicted molar refractivity (Wildman–Crippen MR) is 47.1 cm³/mol. The van der Waals surface area contributed by atoms with Gasteiger partial charge in [0.25, 0.3) is 0 Å². The Balaban J connectivity index is 4.07. The van der Waals surface area contributed by atoms with Crippen LogP contribution >= 0.6 is 0 Å². The molecule has 0 spiro atoms. The highest BCUT2D eigenvalue weighted by Gasteiger charge is 2.28. The van der Waals surface area contributed by atoms with E-state index < -0.39 is 0 Å². The van der Waals surface area contributed by atoms with Crippen molar-refractivity contribution < 1.29 is 4.74 Å². The van der Waals surface area contributed by atoms with E-state index in [1.165, 1.54) is 0 Å². The lowest BCUT2D eigenvalue weighted by Gasteiger charge is -2.33. The summed E-state index contributed by atoms with van der Waals surface area (Å²) in [5, 5.41) is 0. The van der Waals surface area contributed by atoms with Gasteiger partial charge in [-0.1, -0.05) is 6.92 Å². The van der Waals surface area contributed by atoms with Gasteiger partial charge >= 0.3 is 0 Å². The van der Waals surface area contributed by atoms with Crippen LogP contribution in [0.15, 0.2) is 0 Å². The second-order valence-corrected chi connectivity index (χ2v) is 2.99. The zero-order chi connectivity index (χ0) is 8.91. The van der Waals surface area contributed by atoms with Crippen LogP contribution in [0, 0.1) is 0 Å². The number of ether oxygens (including phenoxy) is 1. The van der Waals surface area contributed by atoms with Gasteiger partial charge in [-0.2, -0.15) is 0 Å². The minimum atomic E-state index is -0.135. The van der Waals surface area contributed by atoms with Gasteiger partial charge in [0.05, 0.1) is 5.60 Å². The van der Waals surface area contributed by atoms with E-state index in [-0.39, 0.29) is 11.6 Å². The molecule has 0 heterocycles. The Hall–Kier alpha value is -0.120. The molecule has 2 unspecified atom stereocenters. The molecule has 11 heavy (non-hydrogen) atoms. The Bertz CT molecular complexity index is 108. The average molecular weight is 160 g/mol. The van der Waals surface area contributed by atoms with Gasteiger partial charge in [0.1, 0.15) is 0 Å². The van der Waals surface area contributed by atoms with Crippen molar-refractivity contribution in [1.29, 1.82) is 0 Å². The maximum Gasteiger partial charge on any atom is 0.0814 e. The second kappa shape index (κ2) is 4.70. The zero-order valence-electron chi connectivity index (χ0n) is 7.98. The standard InChI is InChI=1S/C8H20N2O/c1-5-8(4,11-6-2)7(3)10-9/h7,10H,5-6,9H2,1-4H3. The fourth-order valence-corrected chi connectivity index (χ4v) is 1.04. The molecule has 0 amide bonds. The van der Waals surface area contributed by atoms with Gasteiger partial charge in [-0.05, 0) is 27.2 Å². The molecule has 0 aromatic carbocycles. The van der Waals surface area contributed by atoms with Crippen molar-refractivity contribution >= 4 is 0 Å². The lowest BCUT2D eigenvalue weighted by Crippen LogP contribution is -2.51. The first-order valence-corrected chi connectivity index (χ1v) is 4.20. The van der Waals surface area contributed by atoms with Crippen LogP contribution in [0.3, 0.4) is 0 Å². The lowest BCUT2D eigenvalue weighted by atomic mass is 9.95. The molecule has 0 fully saturated rings. The quantitative estimate of drug-likeness (QED) is 0.466. The van der Waals surface area contributed by atoms with Crippen LogP contribution in [-0.2, 0) is 4.74 Å². The van der Waals surface area contributed by atoms with Gasteiger partial charge in [0, 0.05) is 12.6 Å². The highest BCUT2D eigenvalue weighted by Crippen LogP contribution is 2.18. The third-order valence-electron chi connectivity index (χ3n) is 2.34. The van der Waals surface area contributed by atoms with Crippen LogP contribution in [0.5, 0.6) is 0 Å². The van der Waals surface area contributed by atoms with Crippen molar-refractivity contribution in [2.24, 2.45) is 5.84 Å². The minimum Gasteiger partial charge on any atom is -0.374 e. The fraction of sp³-hybridized carbons (Fsp3) is 1.00. The Morgan fingerprint density at radius 2 is 2.09 bits per heavy atom. The summed E-state index contributed by atoms with van der Waals surface area (Å²) in [6.07, 6.45) is 0.964. The van der Waals surface area contributed by atoms with Crippen molar-refractivity contribution in [1.82, 2.24) is 5.43 Å². The number of nitrogens with two attached hydrogens (primary N) is 1. The van der Waals surface area contributed by atoms with E-state index in [1.54, 1.807) is 0 Å². The van der Waals surface area contributed by atoms with Gasteiger partial charge in [0.2, 0.25) is 0 Å². The van der Waals surface area contributed by atoms with E-state index in [2.05, 4.69) is 19.3 Å². The first kappa shape index (κ1) is 10.9. The summed E-state index contributed by atoms with van der Waals surface area (Å²) in [4.78, 5) is 0. The lowest BCUT2D eigenvalue weighted by molar-refractivity contribution is -0.0507. The first-order chi connectivity index (χ1) is 5.10. The molecule has 3 nitrogen and oxygen atoms in total. The fourth-order valence-electron chi connectivity index (χ4n) is 1.04. The molecule has 3 N–H and O–H groups in total. The highest BCUT2D eigenvalue weighted by molar-refractivity contribution is 4.83. The Kier molecular flexibility index (Phi) is 4.65. The molecule has 0 rings (SSSR count). The van der Waals surface area contributed by atoms with Crippen molar-refractivity contribution in [2.75, 3.05) is 6.61 Å². The largest absolute Gasteiger partial charge is 0.374 e. The van der Waals surface area contributed by atoms with Gasteiger partial charge in [0.15, 0.2) is 0 Å². The smallest absolute Gasteiger partial charge is 0.0814 e. The SMILES string of the molecule is CCOC(C)(CC)C(C)NN. The molecule has 0 aliphatic heterocycles. The van der Waals surface area contributed by atoms with Crippen LogP contribution in [-0.4, -0.2) is 18.2 Å². The molecule has 0 bridgehead atoms. The topological polar surface area (TPSA) is 47.3 Å². The first-order valence-electron chi connectivity index (χ1n) is 4.20. The van der Waals surface area contributed by atoms with Crippen LogP contribution in [0.1, 0.15) is 34.1 Å². The maximum absolute atomic E-state index is 5.59. The van der Waals surface area contributed by atoms with Gasteiger partial charge in [-0.15, -0.1) is 0 Å². The van der Waals surface area contributed by atoms with Gasteiger partial charge in [-0.3, -0.25) is 11.3 Å². The van der Waals surface area contributed by atoms with Gasteiger partial charge < -0.3 is 4.74 Å². The average Bonchev–Trinajstić information content (AvgIpc) is 2.03. The molecule has 68 valence electrons. The summed E-state index contributed by atoms with van der Waals surface area (Å²) in [6.45, 7) is 8.93. The molecule has 0 saturated carbocycles. The molecule has 0 aliphatic carbocycles. The molecule has 0 aromatic heterocycles. The summed E-state index contributed by atoms with van der Waals surface area (Å²) >= 11 is 0. The molecular weight excluding hydrogens is 140 g/mol. The Labute approximate surface area is 69.3 Å². The second-order valence-electron chi connectivity index (χ2n) is 2.99. The molecule has 0 saturated heterocycles. The van der Waals surface area contributed by atoms with E-state index in [9.17, 15) is 0 Å². The Morgan fingerprint density at radius 3 is 2.36 bits per heavy atom. The summed E-state index contributed by atoms with van der Waals surface area (Å²) in [5.41, 5.74) is 2.58. The van der Waals surface area contributed by atoms with E-state index >= 15 is 0 Å². The summed E-state index contributed by atoms with van der Waals surface area (Å²) in [5.74, 6) is 5.33. The molecule has 0 radical (unpaired) electrons. The third kappa shape index (κ3) is 2.77. The maximum atomic E-state index is 5.59. The van der Waals surface area contributed by atoms with Gasteiger partial charge in [-0.25, -0.2) is 0 Å². The number of hydrogen-bond donors (Lipinski definition) is 2. The molecule has 0 aromatic rings. The normalized spacial score (nSPS) is 19.4. The van der Waals surface area contributed by atoms with E-state index in [0.29, 0.717) is 0 Å². The van der Waals surface area contributed by atoms with Crippen LogP contribution in [0.4, 0.5) is 0 Å². The van der Waals surface area contributed by atoms with Crippen LogP contribution < -0.4 is 11.3 Å². The van der Waals surface area contributed by atoms with Crippen LogP contribution in [0.2, 0.25) is 0 Å². The van der Waals surface area contributed by atoms with Crippen LogP contribution in [0.25, 0.3) is 0 Å². The highest BCUT2D eigenvalue weighted by atomic mass is 16.5. The monoisotopic (exact) mass is 160 g/mol. The van der Waals surface area contributed by atoms with Crippen molar-refractivity contribution in [3.05, 3.63) is 0 Å². The predicted octanol–water partition coefficient (Wildman–Crippen LogP) is 1.04. The number of hydrazine groups is 1. The third-order valence-corrected chi connectivity index (χ3v) is 2.34. The number of rotatable bonds is 5. The molecule has 0 aliphatic rings. The number of nitrogens with one attached hydrogen (secondary N) is 1. The van der Waals surface area contributed by atoms with E-state index in [4.69, 9.17) is 10.6 Å². The van der Waals surface area contributed by atoms with Crippen molar-refractivity contribution in [2.45, 2.75) is 45.8 Å². The van der Waals surface area contributed by atoms with Crippen molar-refractivity contribution in [3.63, 3.8) is 0 Å². The van der Waals surface area contributed by atoms with E-state index in [0.717, 1.165) is 13.0 Å². The summed E-state index contributed by atoms with van der Waals surface area (Å²) in [7, 11) is 0. The van der Waals surface area contributed by atoms with E-state index in [1.807, 2.05) is 13.8 Å². The number of hydrogen-bond acceptors (Lipinski definition) is 3. The Morgan fingerprint density at radius 1 is 1.55 bits per heavy atom.